The first-order chi connectivity index (χ1) is 9.47. The summed E-state index contributed by atoms with van der Waals surface area (Å²) in [5, 5.41) is 11.7. The highest BCUT2D eigenvalue weighted by Gasteiger charge is 2.15. The van der Waals surface area contributed by atoms with Crippen LogP contribution in [0.15, 0.2) is 18.2 Å². The first kappa shape index (κ1) is 16.3. The minimum absolute atomic E-state index is 0.0537. The van der Waals surface area contributed by atoms with Crippen molar-refractivity contribution < 1.29 is 9.90 Å². The topological polar surface area (TPSA) is 49.3 Å². The lowest BCUT2D eigenvalue weighted by Gasteiger charge is -2.18. The number of rotatable bonds is 4. The van der Waals surface area contributed by atoms with Crippen molar-refractivity contribution >= 4 is 5.91 Å². The standard InChI is InChI=1S/C17H23NO2/c1-12(2)14(4)18-17(20)16-10-7-9-15(13(16)3)8-5-6-11-19/h7,9-10,12,14,19H,6,11H2,1-4H3,(H,18,20). The van der Waals surface area contributed by atoms with Gasteiger partial charge in [-0.1, -0.05) is 31.8 Å². The van der Waals surface area contributed by atoms with Gasteiger partial charge in [0.15, 0.2) is 0 Å². The smallest absolute Gasteiger partial charge is 0.251 e. The van der Waals surface area contributed by atoms with E-state index in [1.165, 1.54) is 0 Å². The molecule has 2 N–H and O–H groups in total. The zero-order valence-electron chi connectivity index (χ0n) is 12.7. The molecule has 0 fully saturated rings. The highest BCUT2D eigenvalue weighted by atomic mass is 16.2. The van der Waals surface area contributed by atoms with E-state index < -0.39 is 0 Å². The third kappa shape index (κ3) is 4.40. The molecule has 0 aliphatic rings. The van der Waals surface area contributed by atoms with Crippen LogP contribution in [0.3, 0.4) is 0 Å². The second-order valence-corrected chi connectivity index (χ2v) is 5.26. The van der Waals surface area contributed by atoms with Gasteiger partial charge in [0.25, 0.3) is 5.91 Å². The highest BCUT2D eigenvalue weighted by molar-refractivity contribution is 5.96. The van der Waals surface area contributed by atoms with Crippen LogP contribution in [0.5, 0.6) is 0 Å². The molecule has 1 aromatic rings. The molecule has 1 aromatic carbocycles. The van der Waals surface area contributed by atoms with E-state index in [1.807, 2.05) is 32.0 Å². The molecule has 108 valence electrons. The zero-order chi connectivity index (χ0) is 15.1. The minimum Gasteiger partial charge on any atom is -0.395 e. The van der Waals surface area contributed by atoms with Crippen molar-refractivity contribution in [2.45, 2.75) is 40.2 Å². The van der Waals surface area contributed by atoms with Crippen LogP contribution in [-0.2, 0) is 0 Å². The number of amides is 1. The lowest BCUT2D eigenvalue weighted by atomic mass is 10.0. The average molecular weight is 273 g/mol. The lowest BCUT2D eigenvalue weighted by molar-refractivity contribution is 0.0930. The van der Waals surface area contributed by atoms with E-state index in [4.69, 9.17) is 5.11 Å². The molecule has 0 heterocycles. The predicted molar refractivity (Wildman–Crippen MR) is 81.5 cm³/mol. The van der Waals surface area contributed by atoms with Gasteiger partial charge in [0.2, 0.25) is 0 Å². The number of carbonyl (C=O) groups is 1. The van der Waals surface area contributed by atoms with Crippen LogP contribution in [0.4, 0.5) is 0 Å². The fourth-order valence-electron chi connectivity index (χ4n) is 1.68. The summed E-state index contributed by atoms with van der Waals surface area (Å²) in [6, 6.07) is 5.67. The van der Waals surface area contributed by atoms with Crippen LogP contribution in [-0.4, -0.2) is 23.7 Å². The lowest BCUT2D eigenvalue weighted by Crippen LogP contribution is -2.36. The monoisotopic (exact) mass is 273 g/mol. The van der Waals surface area contributed by atoms with Crippen molar-refractivity contribution in [3.8, 4) is 11.8 Å². The van der Waals surface area contributed by atoms with Gasteiger partial charge in [-0.05, 0) is 37.5 Å². The highest BCUT2D eigenvalue weighted by Crippen LogP contribution is 2.14. The van der Waals surface area contributed by atoms with E-state index in [2.05, 4.69) is 31.0 Å². The maximum absolute atomic E-state index is 12.3. The quantitative estimate of drug-likeness (QED) is 0.828. The van der Waals surface area contributed by atoms with Crippen LogP contribution in [0, 0.1) is 24.7 Å². The minimum atomic E-state index is -0.0606. The van der Waals surface area contributed by atoms with Crippen LogP contribution in [0.2, 0.25) is 0 Å². The molecule has 1 unspecified atom stereocenters. The molecular formula is C17H23NO2. The van der Waals surface area contributed by atoms with Gasteiger partial charge in [0.1, 0.15) is 0 Å². The van der Waals surface area contributed by atoms with Crippen molar-refractivity contribution in [2.24, 2.45) is 5.92 Å². The molecule has 0 bridgehead atoms. The van der Waals surface area contributed by atoms with E-state index in [0.717, 1.165) is 11.1 Å². The fourth-order valence-corrected chi connectivity index (χ4v) is 1.68. The van der Waals surface area contributed by atoms with Crippen molar-refractivity contribution in [3.63, 3.8) is 0 Å². The van der Waals surface area contributed by atoms with Crippen LogP contribution >= 0.6 is 0 Å². The Morgan fingerprint density at radius 1 is 1.35 bits per heavy atom. The Morgan fingerprint density at radius 2 is 2.05 bits per heavy atom. The Morgan fingerprint density at radius 3 is 2.65 bits per heavy atom. The summed E-state index contributed by atoms with van der Waals surface area (Å²) in [4.78, 5) is 12.3. The summed E-state index contributed by atoms with van der Waals surface area (Å²) >= 11 is 0. The van der Waals surface area contributed by atoms with Crippen LogP contribution < -0.4 is 5.32 Å². The number of hydrogen-bond donors (Lipinski definition) is 2. The van der Waals surface area contributed by atoms with E-state index >= 15 is 0 Å². The van der Waals surface area contributed by atoms with Gasteiger partial charge in [-0.2, -0.15) is 0 Å². The molecule has 1 rings (SSSR count). The zero-order valence-corrected chi connectivity index (χ0v) is 12.7. The van der Waals surface area contributed by atoms with Crippen molar-refractivity contribution in [1.29, 1.82) is 0 Å². The van der Waals surface area contributed by atoms with Gasteiger partial charge in [0, 0.05) is 23.6 Å². The van der Waals surface area contributed by atoms with Gasteiger partial charge < -0.3 is 10.4 Å². The molecule has 0 spiro atoms. The van der Waals surface area contributed by atoms with E-state index in [9.17, 15) is 4.79 Å². The van der Waals surface area contributed by atoms with Gasteiger partial charge >= 0.3 is 0 Å². The molecule has 0 aliphatic carbocycles. The Kier molecular flexibility index (Phi) is 6.27. The molecule has 1 amide bonds. The summed E-state index contributed by atoms with van der Waals surface area (Å²) in [6.45, 7) is 8.11. The third-order valence-corrected chi connectivity index (χ3v) is 3.40. The first-order valence-electron chi connectivity index (χ1n) is 6.97. The normalized spacial score (nSPS) is 11.7. The Labute approximate surface area is 121 Å². The number of nitrogens with one attached hydrogen (secondary N) is 1. The van der Waals surface area contributed by atoms with E-state index in [-0.39, 0.29) is 18.6 Å². The molecule has 0 saturated heterocycles. The summed E-state index contributed by atoms with van der Waals surface area (Å²) < 4.78 is 0. The molecule has 0 aromatic heterocycles. The first-order valence-corrected chi connectivity index (χ1v) is 6.97. The van der Waals surface area contributed by atoms with Gasteiger partial charge in [-0.3, -0.25) is 4.79 Å². The summed E-state index contributed by atoms with van der Waals surface area (Å²) in [7, 11) is 0. The van der Waals surface area contributed by atoms with Crippen LogP contribution in [0.25, 0.3) is 0 Å². The molecule has 0 aliphatic heterocycles. The van der Waals surface area contributed by atoms with Crippen molar-refractivity contribution in [2.75, 3.05) is 6.61 Å². The second-order valence-electron chi connectivity index (χ2n) is 5.26. The number of aliphatic hydroxyl groups excluding tert-OH is 1. The molecule has 3 heteroatoms. The van der Waals surface area contributed by atoms with E-state index in [0.29, 0.717) is 17.9 Å². The maximum atomic E-state index is 12.3. The predicted octanol–water partition coefficient (Wildman–Crippen LogP) is 2.50. The molecule has 1 atom stereocenters. The Balaban J connectivity index is 2.94. The molecular weight excluding hydrogens is 250 g/mol. The molecule has 3 nitrogen and oxygen atoms in total. The summed E-state index contributed by atoms with van der Waals surface area (Å²) in [5.41, 5.74) is 2.38. The maximum Gasteiger partial charge on any atom is 0.251 e. The van der Waals surface area contributed by atoms with Gasteiger partial charge in [0.05, 0.1) is 6.61 Å². The molecule has 0 saturated carbocycles. The van der Waals surface area contributed by atoms with Crippen molar-refractivity contribution in [1.82, 2.24) is 5.32 Å². The number of carbonyl (C=O) groups excluding carboxylic acids is 1. The average Bonchev–Trinajstić information content (AvgIpc) is 2.40. The summed E-state index contributed by atoms with van der Waals surface area (Å²) in [5.74, 6) is 6.22. The number of aliphatic hydroxyl groups is 1. The Hall–Kier alpha value is -1.79. The van der Waals surface area contributed by atoms with Gasteiger partial charge in [-0.25, -0.2) is 0 Å². The molecule has 20 heavy (non-hydrogen) atoms. The van der Waals surface area contributed by atoms with Crippen LogP contribution in [0.1, 0.15) is 48.7 Å². The van der Waals surface area contributed by atoms with Crippen molar-refractivity contribution in [3.05, 3.63) is 34.9 Å². The van der Waals surface area contributed by atoms with E-state index in [1.54, 1.807) is 0 Å². The summed E-state index contributed by atoms with van der Waals surface area (Å²) in [6.07, 6.45) is 0.445. The fraction of sp³-hybridized carbons (Fsp3) is 0.471. The largest absolute Gasteiger partial charge is 0.395 e. The Bertz CT molecular complexity index is 524. The SMILES string of the molecule is Cc1c(C#CCCO)cccc1C(=O)NC(C)C(C)C. The number of hydrogen-bond acceptors (Lipinski definition) is 2. The second kappa shape index (κ2) is 7.72. The molecule has 0 radical (unpaired) electrons. The van der Waals surface area contributed by atoms with Gasteiger partial charge in [-0.15, -0.1) is 0 Å². The number of benzene rings is 1. The third-order valence-electron chi connectivity index (χ3n) is 3.40.